The van der Waals surface area contributed by atoms with Crippen LogP contribution in [0.1, 0.15) is 31.2 Å². The van der Waals surface area contributed by atoms with Crippen LogP contribution in [-0.2, 0) is 6.42 Å². The van der Waals surface area contributed by atoms with Crippen molar-refractivity contribution in [3.05, 3.63) is 68.7 Å². The third kappa shape index (κ3) is 4.68. The lowest BCUT2D eigenvalue weighted by Crippen LogP contribution is -2.22. The number of terminal acetylenes is 1. The number of fused-ring (bicyclic) bond motifs is 1. The van der Waals surface area contributed by atoms with E-state index in [1.165, 1.54) is 4.68 Å². The number of ether oxygens (including phenoxy) is 1. The molecule has 0 unspecified atom stereocenters. The van der Waals surface area contributed by atoms with Crippen LogP contribution in [0.4, 0.5) is 0 Å². The molecule has 0 fully saturated rings. The molecule has 3 aromatic rings. The van der Waals surface area contributed by atoms with Gasteiger partial charge in [0.15, 0.2) is 0 Å². The molecule has 0 atom stereocenters. The van der Waals surface area contributed by atoms with Gasteiger partial charge in [-0.1, -0.05) is 35.2 Å². The fourth-order valence-corrected chi connectivity index (χ4v) is 3.07. The van der Waals surface area contributed by atoms with Crippen LogP contribution in [0.5, 0.6) is 5.75 Å². The van der Waals surface area contributed by atoms with Gasteiger partial charge in [-0.2, -0.15) is 9.78 Å². The summed E-state index contributed by atoms with van der Waals surface area (Å²) < 4.78 is 7.59. The highest BCUT2D eigenvalue weighted by molar-refractivity contribution is 9.10. The fourth-order valence-electron chi connectivity index (χ4n) is 2.71. The molecule has 0 saturated carbocycles. The Morgan fingerprint density at radius 1 is 1.29 bits per heavy atom. The van der Waals surface area contributed by atoms with Gasteiger partial charge >= 0.3 is 0 Å². The standard InChI is InChI=1S/C22H20BrN3O2/c1-3-5-6-21-25-20-12-9-17(23)14-19(20)22(27)26(21)24-15-16-7-10-18(11-8-16)28-13-4-2/h2,7-12,14-15H,3,5-6,13H2,1H3. The van der Waals surface area contributed by atoms with Gasteiger partial charge in [0, 0.05) is 10.9 Å². The van der Waals surface area contributed by atoms with Crippen LogP contribution in [-0.4, -0.2) is 22.5 Å². The minimum atomic E-state index is -0.178. The van der Waals surface area contributed by atoms with Crippen molar-refractivity contribution < 1.29 is 4.74 Å². The van der Waals surface area contributed by atoms with Gasteiger partial charge in [0.05, 0.1) is 17.1 Å². The van der Waals surface area contributed by atoms with Crippen molar-refractivity contribution >= 4 is 33.0 Å². The van der Waals surface area contributed by atoms with E-state index in [1.54, 1.807) is 12.3 Å². The number of hydrogen-bond acceptors (Lipinski definition) is 4. The van der Waals surface area contributed by atoms with Crippen LogP contribution in [0.2, 0.25) is 0 Å². The Kier molecular flexibility index (Phi) is 6.62. The van der Waals surface area contributed by atoms with E-state index in [2.05, 4.69) is 38.9 Å². The zero-order chi connectivity index (χ0) is 19.9. The summed E-state index contributed by atoms with van der Waals surface area (Å²) in [5, 5.41) is 4.96. The molecule has 5 nitrogen and oxygen atoms in total. The van der Waals surface area contributed by atoms with E-state index >= 15 is 0 Å². The molecular weight excluding hydrogens is 418 g/mol. The van der Waals surface area contributed by atoms with E-state index in [9.17, 15) is 4.79 Å². The predicted octanol–water partition coefficient (Wildman–Crippen LogP) is 4.40. The van der Waals surface area contributed by atoms with Crippen LogP contribution in [0, 0.1) is 12.3 Å². The molecule has 142 valence electrons. The summed E-state index contributed by atoms with van der Waals surface area (Å²) in [6, 6.07) is 12.9. The SMILES string of the molecule is C#CCOc1ccc(C=Nn2c(CCCC)nc3ccc(Br)cc3c2=O)cc1. The average molecular weight is 438 g/mol. The topological polar surface area (TPSA) is 56.5 Å². The minimum Gasteiger partial charge on any atom is -0.481 e. The quantitative estimate of drug-likeness (QED) is 0.406. The van der Waals surface area contributed by atoms with E-state index < -0.39 is 0 Å². The third-order valence-corrected chi connectivity index (χ3v) is 4.65. The molecule has 2 aromatic carbocycles. The Morgan fingerprint density at radius 2 is 2.07 bits per heavy atom. The van der Waals surface area contributed by atoms with Crippen LogP contribution in [0.15, 0.2) is 56.8 Å². The second kappa shape index (κ2) is 9.34. The molecule has 0 radical (unpaired) electrons. The van der Waals surface area contributed by atoms with Gasteiger partial charge in [-0.05, 0) is 54.4 Å². The number of aryl methyl sites for hydroxylation is 1. The third-order valence-electron chi connectivity index (χ3n) is 4.15. The fraction of sp³-hybridized carbons (Fsp3) is 0.227. The molecular formula is C22H20BrN3O2. The smallest absolute Gasteiger partial charge is 0.282 e. The van der Waals surface area contributed by atoms with Crippen molar-refractivity contribution in [2.75, 3.05) is 6.61 Å². The van der Waals surface area contributed by atoms with Crippen molar-refractivity contribution in [3.63, 3.8) is 0 Å². The molecule has 0 aliphatic heterocycles. The zero-order valence-corrected chi connectivity index (χ0v) is 17.1. The summed E-state index contributed by atoms with van der Waals surface area (Å²) in [6.45, 7) is 2.33. The van der Waals surface area contributed by atoms with Crippen molar-refractivity contribution in [2.24, 2.45) is 5.10 Å². The molecule has 3 rings (SSSR count). The van der Waals surface area contributed by atoms with Gasteiger partial charge in [0.2, 0.25) is 0 Å². The highest BCUT2D eigenvalue weighted by atomic mass is 79.9. The summed E-state index contributed by atoms with van der Waals surface area (Å²) in [4.78, 5) is 17.7. The first-order valence-electron chi connectivity index (χ1n) is 9.04. The first-order valence-corrected chi connectivity index (χ1v) is 9.83. The summed E-state index contributed by atoms with van der Waals surface area (Å²) >= 11 is 3.41. The molecule has 0 amide bonds. The highest BCUT2D eigenvalue weighted by Crippen LogP contribution is 2.17. The van der Waals surface area contributed by atoms with Crippen molar-refractivity contribution in [1.82, 2.24) is 9.66 Å². The average Bonchev–Trinajstić information content (AvgIpc) is 2.71. The van der Waals surface area contributed by atoms with E-state index in [0.29, 0.717) is 28.9 Å². The predicted molar refractivity (Wildman–Crippen MR) is 116 cm³/mol. The van der Waals surface area contributed by atoms with Crippen LogP contribution < -0.4 is 10.3 Å². The van der Waals surface area contributed by atoms with Gasteiger partial charge < -0.3 is 4.74 Å². The number of rotatable bonds is 7. The maximum atomic E-state index is 13.0. The molecule has 1 aromatic heterocycles. The molecule has 0 saturated heterocycles. The Labute approximate surface area is 172 Å². The Balaban J connectivity index is 1.98. The number of benzene rings is 2. The Hall–Kier alpha value is -2.91. The van der Waals surface area contributed by atoms with Crippen LogP contribution in [0.3, 0.4) is 0 Å². The Bertz CT molecular complexity index is 1100. The second-order valence-corrected chi connectivity index (χ2v) is 7.13. The van der Waals surface area contributed by atoms with Gasteiger partial charge in [0.25, 0.3) is 5.56 Å². The van der Waals surface area contributed by atoms with Crippen molar-refractivity contribution in [2.45, 2.75) is 26.2 Å². The number of unbranched alkanes of at least 4 members (excludes halogenated alkanes) is 1. The summed E-state index contributed by atoms with van der Waals surface area (Å²) in [7, 11) is 0. The summed E-state index contributed by atoms with van der Waals surface area (Å²) in [5.74, 6) is 3.78. The molecule has 6 heteroatoms. The maximum Gasteiger partial charge on any atom is 0.282 e. The first kappa shape index (κ1) is 19.8. The summed E-state index contributed by atoms with van der Waals surface area (Å²) in [5.41, 5.74) is 1.35. The number of halogens is 1. The molecule has 0 spiro atoms. The van der Waals surface area contributed by atoms with Gasteiger partial charge in [-0.15, -0.1) is 6.42 Å². The molecule has 0 N–H and O–H groups in total. The van der Waals surface area contributed by atoms with E-state index in [1.807, 2.05) is 36.4 Å². The Morgan fingerprint density at radius 3 is 2.79 bits per heavy atom. The van der Waals surface area contributed by atoms with E-state index in [0.717, 1.165) is 22.9 Å². The molecule has 0 bridgehead atoms. The zero-order valence-electron chi connectivity index (χ0n) is 15.6. The normalized spacial score (nSPS) is 11.0. The van der Waals surface area contributed by atoms with Gasteiger partial charge in [0.1, 0.15) is 18.2 Å². The monoisotopic (exact) mass is 437 g/mol. The van der Waals surface area contributed by atoms with Crippen LogP contribution >= 0.6 is 15.9 Å². The maximum absolute atomic E-state index is 13.0. The summed E-state index contributed by atoms with van der Waals surface area (Å²) in [6.07, 6.45) is 9.47. The lowest BCUT2D eigenvalue weighted by Gasteiger charge is -2.09. The minimum absolute atomic E-state index is 0.178. The second-order valence-electron chi connectivity index (χ2n) is 6.22. The first-order chi connectivity index (χ1) is 13.6. The van der Waals surface area contributed by atoms with Gasteiger partial charge in [-0.25, -0.2) is 4.98 Å². The van der Waals surface area contributed by atoms with Crippen LogP contribution in [0.25, 0.3) is 10.9 Å². The molecule has 0 aliphatic carbocycles. The number of hydrogen-bond donors (Lipinski definition) is 0. The number of aromatic nitrogens is 2. The molecule has 28 heavy (non-hydrogen) atoms. The largest absolute Gasteiger partial charge is 0.481 e. The van der Waals surface area contributed by atoms with E-state index in [-0.39, 0.29) is 12.2 Å². The molecule has 1 heterocycles. The molecule has 0 aliphatic rings. The van der Waals surface area contributed by atoms with E-state index in [4.69, 9.17) is 11.2 Å². The highest BCUT2D eigenvalue weighted by Gasteiger charge is 2.10. The van der Waals surface area contributed by atoms with Gasteiger partial charge in [-0.3, -0.25) is 4.79 Å². The van der Waals surface area contributed by atoms with Crippen molar-refractivity contribution in [3.8, 4) is 18.1 Å². The lowest BCUT2D eigenvalue weighted by molar-refractivity contribution is 0.370. The van der Waals surface area contributed by atoms with Crippen molar-refractivity contribution in [1.29, 1.82) is 0 Å². The lowest BCUT2D eigenvalue weighted by atomic mass is 10.2. The number of nitrogens with zero attached hydrogens (tertiary/aromatic N) is 3.